The number of anilines is 2. The van der Waals surface area contributed by atoms with E-state index in [1.807, 2.05) is 6.92 Å². The first-order valence-corrected chi connectivity index (χ1v) is 7.79. The van der Waals surface area contributed by atoms with Crippen LogP contribution < -0.4 is 5.32 Å². The Bertz CT molecular complexity index is 928. The van der Waals surface area contributed by atoms with E-state index < -0.39 is 5.97 Å². The minimum Gasteiger partial charge on any atom is -0.478 e. The van der Waals surface area contributed by atoms with Crippen molar-refractivity contribution in [2.24, 2.45) is 0 Å². The van der Waals surface area contributed by atoms with Crippen LogP contribution in [0.1, 0.15) is 23.0 Å². The van der Waals surface area contributed by atoms with Gasteiger partial charge in [-0.1, -0.05) is 25.1 Å². The minimum absolute atomic E-state index is 0.181. The van der Waals surface area contributed by atoms with Crippen molar-refractivity contribution in [3.05, 3.63) is 71.7 Å². The summed E-state index contributed by atoms with van der Waals surface area (Å²) >= 11 is 0. The van der Waals surface area contributed by atoms with E-state index in [0.717, 1.165) is 5.69 Å². The van der Waals surface area contributed by atoms with Crippen LogP contribution in [0, 0.1) is 5.82 Å². The number of aromatic nitrogens is 2. The van der Waals surface area contributed by atoms with Crippen LogP contribution in [-0.2, 0) is 6.42 Å². The maximum Gasteiger partial charge on any atom is 0.335 e. The third-order valence-corrected chi connectivity index (χ3v) is 3.61. The van der Waals surface area contributed by atoms with E-state index in [1.54, 1.807) is 30.3 Å². The molecule has 0 bridgehead atoms. The molecule has 1 aromatic heterocycles. The molecular weight excluding hydrogens is 321 g/mol. The molecule has 1 heterocycles. The van der Waals surface area contributed by atoms with Gasteiger partial charge in [0.1, 0.15) is 11.6 Å². The minimum atomic E-state index is -0.999. The van der Waals surface area contributed by atoms with Crippen molar-refractivity contribution in [2.45, 2.75) is 13.3 Å². The fourth-order valence-electron chi connectivity index (χ4n) is 2.38. The van der Waals surface area contributed by atoms with Gasteiger partial charge in [-0.2, -0.15) is 0 Å². The zero-order chi connectivity index (χ0) is 17.8. The van der Waals surface area contributed by atoms with Gasteiger partial charge in [-0.25, -0.2) is 19.2 Å². The molecule has 0 saturated carbocycles. The number of halogens is 1. The Hall–Kier alpha value is -3.28. The summed E-state index contributed by atoms with van der Waals surface area (Å²) in [7, 11) is 0. The number of nitrogens with one attached hydrogen (secondary N) is 1. The zero-order valence-corrected chi connectivity index (χ0v) is 13.5. The molecule has 0 amide bonds. The van der Waals surface area contributed by atoms with Crippen LogP contribution in [-0.4, -0.2) is 21.0 Å². The summed E-state index contributed by atoms with van der Waals surface area (Å²) in [4.78, 5) is 20.0. The normalized spacial score (nSPS) is 10.5. The largest absolute Gasteiger partial charge is 0.478 e. The first-order chi connectivity index (χ1) is 12.0. The molecule has 0 atom stereocenters. The smallest absolute Gasteiger partial charge is 0.335 e. The van der Waals surface area contributed by atoms with Crippen molar-refractivity contribution >= 4 is 17.5 Å². The molecule has 0 radical (unpaired) electrons. The SMILES string of the molecule is CCc1cc(Nc2cccc(C(=O)O)c2)nc(-c2cccc(F)c2)n1. The standard InChI is InChI=1S/C19H16FN3O2/c1-2-15-11-17(21-16-8-4-6-13(10-16)19(24)25)23-18(22-15)12-5-3-7-14(20)9-12/h3-11H,2H2,1H3,(H,24,25)(H,21,22,23). The highest BCUT2D eigenvalue weighted by atomic mass is 19.1. The molecule has 5 nitrogen and oxygen atoms in total. The molecule has 3 aromatic rings. The van der Waals surface area contributed by atoms with Crippen LogP contribution in [0.15, 0.2) is 54.6 Å². The van der Waals surface area contributed by atoms with E-state index >= 15 is 0 Å². The molecule has 126 valence electrons. The summed E-state index contributed by atoms with van der Waals surface area (Å²) in [5.41, 5.74) is 2.16. The number of hydrogen-bond acceptors (Lipinski definition) is 4. The molecule has 0 fully saturated rings. The van der Waals surface area contributed by atoms with E-state index in [0.29, 0.717) is 29.3 Å². The Labute approximate surface area is 144 Å². The lowest BCUT2D eigenvalue weighted by Crippen LogP contribution is -2.02. The molecule has 0 aliphatic heterocycles. The molecule has 0 spiro atoms. The van der Waals surface area contributed by atoms with Crippen molar-refractivity contribution in [1.29, 1.82) is 0 Å². The highest BCUT2D eigenvalue weighted by Crippen LogP contribution is 2.22. The van der Waals surface area contributed by atoms with Crippen molar-refractivity contribution in [1.82, 2.24) is 9.97 Å². The Balaban J connectivity index is 1.98. The number of hydrogen-bond donors (Lipinski definition) is 2. The number of aromatic carboxylic acids is 1. The van der Waals surface area contributed by atoms with Crippen LogP contribution in [0.2, 0.25) is 0 Å². The predicted octanol–water partition coefficient (Wildman–Crippen LogP) is 4.29. The van der Waals surface area contributed by atoms with Gasteiger partial charge < -0.3 is 10.4 Å². The lowest BCUT2D eigenvalue weighted by molar-refractivity contribution is 0.0697. The Morgan fingerprint density at radius 1 is 1.12 bits per heavy atom. The van der Waals surface area contributed by atoms with Gasteiger partial charge in [0, 0.05) is 23.0 Å². The maximum absolute atomic E-state index is 13.5. The highest BCUT2D eigenvalue weighted by molar-refractivity contribution is 5.89. The van der Waals surface area contributed by atoms with Gasteiger partial charge in [0.15, 0.2) is 5.82 Å². The number of rotatable bonds is 5. The molecule has 2 aromatic carbocycles. The molecular formula is C19H16FN3O2. The predicted molar refractivity (Wildman–Crippen MR) is 93.5 cm³/mol. The summed E-state index contributed by atoms with van der Waals surface area (Å²) in [5, 5.41) is 12.2. The average Bonchev–Trinajstić information content (AvgIpc) is 2.61. The van der Waals surface area contributed by atoms with E-state index in [-0.39, 0.29) is 11.4 Å². The lowest BCUT2D eigenvalue weighted by Gasteiger charge is -2.10. The summed E-state index contributed by atoms with van der Waals surface area (Å²) in [6.45, 7) is 1.96. The number of nitrogens with zero attached hydrogens (tertiary/aromatic N) is 2. The van der Waals surface area contributed by atoms with Crippen LogP contribution >= 0.6 is 0 Å². The van der Waals surface area contributed by atoms with Crippen molar-refractivity contribution < 1.29 is 14.3 Å². The molecule has 25 heavy (non-hydrogen) atoms. The van der Waals surface area contributed by atoms with Crippen LogP contribution in [0.5, 0.6) is 0 Å². The second kappa shape index (κ2) is 7.09. The lowest BCUT2D eigenvalue weighted by atomic mass is 10.2. The van der Waals surface area contributed by atoms with Crippen molar-refractivity contribution in [2.75, 3.05) is 5.32 Å². The van der Waals surface area contributed by atoms with E-state index in [2.05, 4.69) is 15.3 Å². The number of carbonyl (C=O) groups is 1. The Kier molecular flexibility index (Phi) is 4.70. The maximum atomic E-state index is 13.5. The van der Waals surface area contributed by atoms with Crippen LogP contribution in [0.4, 0.5) is 15.9 Å². The van der Waals surface area contributed by atoms with E-state index in [1.165, 1.54) is 24.3 Å². The summed E-state index contributed by atoms with van der Waals surface area (Å²) in [6.07, 6.45) is 0.689. The average molecular weight is 337 g/mol. The number of carboxylic acid groups (broad SMARTS) is 1. The van der Waals surface area contributed by atoms with Gasteiger partial charge in [0.2, 0.25) is 0 Å². The Morgan fingerprint density at radius 3 is 2.64 bits per heavy atom. The Morgan fingerprint density at radius 2 is 1.92 bits per heavy atom. The third-order valence-electron chi connectivity index (χ3n) is 3.61. The fourth-order valence-corrected chi connectivity index (χ4v) is 2.38. The molecule has 3 rings (SSSR count). The van der Waals surface area contributed by atoms with Gasteiger partial charge >= 0.3 is 5.97 Å². The van der Waals surface area contributed by atoms with E-state index in [4.69, 9.17) is 5.11 Å². The first-order valence-electron chi connectivity index (χ1n) is 7.79. The van der Waals surface area contributed by atoms with Gasteiger partial charge in [-0.05, 0) is 36.8 Å². The fraction of sp³-hybridized carbons (Fsp3) is 0.105. The summed E-state index contributed by atoms with van der Waals surface area (Å²) in [6, 6.07) is 14.3. The van der Waals surface area contributed by atoms with Crippen molar-refractivity contribution in [3.63, 3.8) is 0 Å². The third kappa shape index (κ3) is 3.98. The van der Waals surface area contributed by atoms with Crippen molar-refractivity contribution in [3.8, 4) is 11.4 Å². The summed E-state index contributed by atoms with van der Waals surface area (Å²) in [5.74, 6) is -0.419. The van der Waals surface area contributed by atoms with Gasteiger partial charge in [0.25, 0.3) is 0 Å². The molecule has 2 N–H and O–H groups in total. The summed E-state index contributed by atoms with van der Waals surface area (Å²) < 4.78 is 13.5. The quantitative estimate of drug-likeness (QED) is 0.726. The molecule has 0 unspecified atom stereocenters. The van der Waals surface area contributed by atoms with E-state index in [9.17, 15) is 9.18 Å². The second-order valence-corrected chi connectivity index (χ2v) is 5.44. The molecule has 0 aliphatic carbocycles. The van der Waals surface area contributed by atoms with Gasteiger partial charge in [-0.3, -0.25) is 0 Å². The molecule has 6 heteroatoms. The number of carboxylic acids is 1. The zero-order valence-electron chi connectivity index (χ0n) is 13.5. The topological polar surface area (TPSA) is 75.1 Å². The van der Waals surface area contributed by atoms with Gasteiger partial charge in [0.05, 0.1) is 5.56 Å². The van der Waals surface area contributed by atoms with Crippen LogP contribution in [0.25, 0.3) is 11.4 Å². The second-order valence-electron chi connectivity index (χ2n) is 5.44. The van der Waals surface area contributed by atoms with Gasteiger partial charge in [-0.15, -0.1) is 0 Å². The highest BCUT2D eigenvalue weighted by Gasteiger charge is 2.09. The number of aryl methyl sites for hydroxylation is 1. The number of benzene rings is 2. The monoisotopic (exact) mass is 337 g/mol. The molecule has 0 saturated heterocycles. The molecule has 0 aliphatic rings. The van der Waals surface area contributed by atoms with Crippen LogP contribution in [0.3, 0.4) is 0 Å². The first kappa shape index (κ1) is 16.6.